The zero-order valence-electron chi connectivity index (χ0n) is 25.8. The second-order valence-electron chi connectivity index (χ2n) is 12.0. The topological polar surface area (TPSA) is 26.3 Å². The quantitative estimate of drug-likeness (QED) is 0.0534. The number of carbonyl (C=O) groups excluding carboxylic acids is 1. The molecule has 0 N–H and O–H groups in total. The average molecular weight is 521 g/mol. The fourth-order valence-electron chi connectivity index (χ4n) is 5.02. The van der Waals surface area contributed by atoms with E-state index in [1.54, 1.807) is 0 Å². The van der Waals surface area contributed by atoms with Crippen molar-refractivity contribution in [3.05, 3.63) is 12.2 Å². The Hall–Kier alpha value is -0.790. The predicted molar refractivity (Wildman–Crippen MR) is 165 cm³/mol. The third kappa shape index (κ3) is 33.2. The summed E-state index contributed by atoms with van der Waals surface area (Å²) in [6, 6.07) is 0. The molecule has 0 aromatic rings. The molecule has 0 spiro atoms. The van der Waals surface area contributed by atoms with E-state index in [9.17, 15) is 4.79 Å². The van der Waals surface area contributed by atoms with Gasteiger partial charge < -0.3 is 4.74 Å². The van der Waals surface area contributed by atoms with Gasteiger partial charge in [0.1, 0.15) is 0 Å². The number of esters is 1. The van der Waals surface area contributed by atoms with Gasteiger partial charge in [0.15, 0.2) is 0 Å². The van der Waals surface area contributed by atoms with Crippen LogP contribution >= 0.6 is 0 Å². The number of hydrogen-bond acceptors (Lipinski definition) is 2. The fraction of sp³-hybridized carbons (Fsp3) is 0.914. The number of rotatable bonds is 30. The summed E-state index contributed by atoms with van der Waals surface area (Å²) in [5, 5.41) is 0. The molecule has 0 saturated heterocycles. The van der Waals surface area contributed by atoms with Crippen LogP contribution in [-0.2, 0) is 9.53 Å². The lowest BCUT2D eigenvalue weighted by Gasteiger charge is -2.06. The van der Waals surface area contributed by atoms with Gasteiger partial charge in [0.05, 0.1) is 6.61 Å². The van der Waals surface area contributed by atoms with Crippen molar-refractivity contribution in [3.8, 4) is 0 Å². The van der Waals surface area contributed by atoms with Crippen LogP contribution in [0.25, 0.3) is 0 Å². The van der Waals surface area contributed by atoms with Gasteiger partial charge in [-0.05, 0) is 44.4 Å². The van der Waals surface area contributed by atoms with E-state index < -0.39 is 0 Å². The van der Waals surface area contributed by atoms with E-state index in [0.717, 1.165) is 18.8 Å². The van der Waals surface area contributed by atoms with Crippen LogP contribution < -0.4 is 0 Å². The summed E-state index contributed by atoms with van der Waals surface area (Å²) >= 11 is 0. The Labute approximate surface area is 234 Å². The molecule has 37 heavy (non-hydrogen) atoms. The van der Waals surface area contributed by atoms with Gasteiger partial charge in [-0.3, -0.25) is 4.79 Å². The Balaban J connectivity index is 3.20. The molecule has 0 fully saturated rings. The molecule has 0 aromatic heterocycles. The van der Waals surface area contributed by atoms with E-state index in [4.69, 9.17) is 4.74 Å². The molecule has 0 amide bonds. The summed E-state index contributed by atoms with van der Waals surface area (Å²) in [6.45, 7) is 7.55. The number of hydrogen-bond donors (Lipinski definition) is 0. The first-order valence-electron chi connectivity index (χ1n) is 17.0. The van der Waals surface area contributed by atoms with Crippen molar-refractivity contribution in [2.75, 3.05) is 6.61 Å². The minimum Gasteiger partial charge on any atom is -0.466 e. The summed E-state index contributed by atoms with van der Waals surface area (Å²) < 4.78 is 5.42. The van der Waals surface area contributed by atoms with Crippen LogP contribution in [0.15, 0.2) is 12.2 Å². The largest absolute Gasteiger partial charge is 0.466 e. The van der Waals surface area contributed by atoms with Crippen LogP contribution in [0.4, 0.5) is 0 Å². The third-order valence-electron chi connectivity index (χ3n) is 7.58. The first-order chi connectivity index (χ1) is 18.2. The van der Waals surface area contributed by atoms with Crippen LogP contribution in [0.5, 0.6) is 0 Å². The summed E-state index contributed by atoms with van der Waals surface area (Å²) in [5.41, 5.74) is 0. The molecule has 0 rings (SSSR count). The van der Waals surface area contributed by atoms with Crippen molar-refractivity contribution in [2.45, 2.75) is 194 Å². The molecule has 2 heteroatoms. The Morgan fingerprint density at radius 1 is 0.541 bits per heavy atom. The standard InChI is InChI=1S/C35H68O2/c1-4-5-6-7-8-9-10-11-12-13-14-15-16-20-23-26-29-32-35(36)37-33-30-27-24-21-18-17-19-22-25-28-31-34(2)3/h11-12,34H,4-10,13-33H2,1-3H3. The lowest BCUT2D eigenvalue weighted by molar-refractivity contribution is -0.143. The summed E-state index contributed by atoms with van der Waals surface area (Å²) in [7, 11) is 0. The highest BCUT2D eigenvalue weighted by Gasteiger charge is 2.02. The van der Waals surface area contributed by atoms with Gasteiger partial charge >= 0.3 is 5.97 Å². The van der Waals surface area contributed by atoms with Crippen molar-refractivity contribution in [3.63, 3.8) is 0 Å². The molecular weight excluding hydrogens is 452 g/mol. The van der Waals surface area contributed by atoms with Crippen molar-refractivity contribution in [2.24, 2.45) is 5.92 Å². The highest BCUT2D eigenvalue weighted by atomic mass is 16.5. The van der Waals surface area contributed by atoms with Gasteiger partial charge in [0.2, 0.25) is 0 Å². The highest BCUT2D eigenvalue weighted by molar-refractivity contribution is 5.69. The minimum absolute atomic E-state index is 0.0187. The van der Waals surface area contributed by atoms with Crippen LogP contribution in [0.3, 0.4) is 0 Å². The molecule has 0 saturated carbocycles. The lowest BCUT2D eigenvalue weighted by Crippen LogP contribution is -2.05. The number of ether oxygens (including phenoxy) is 1. The van der Waals surface area contributed by atoms with Gasteiger partial charge in [-0.15, -0.1) is 0 Å². The van der Waals surface area contributed by atoms with Crippen molar-refractivity contribution in [1.29, 1.82) is 0 Å². The molecule has 2 nitrogen and oxygen atoms in total. The van der Waals surface area contributed by atoms with Crippen LogP contribution in [0.1, 0.15) is 194 Å². The summed E-state index contributed by atoms with van der Waals surface area (Å²) in [5.74, 6) is 0.881. The normalized spacial score (nSPS) is 11.7. The van der Waals surface area contributed by atoms with E-state index in [-0.39, 0.29) is 5.97 Å². The molecule has 0 bridgehead atoms. The van der Waals surface area contributed by atoms with Gasteiger partial charge in [-0.2, -0.15) is 0 Å². The first kappa shape index (κ1) is 36.2. The molecule has 0 radical (unpaired) electrons. The van der Waals surface area contributed by atoms with Gasteiger partial charge in [-0.25, -0.2) is 0 Å². The molecule has 0 aromatic carbocycles. The molecular formula is C35H68O2. The maximum Gasteiger partial charge on any atom is 0.305 e. The molecule has 0 atom stereocenters. The van der Waals surface area contributed by atoms with Crippen LogP contribution in [0, 0.1) is 5.92 Å². The van der Waals surface area contributed by atoms with Gasteiger partial charge in [-0.1, -0.05) is 161 Å². The molecule has 0 unspecified atom stereocenters. The second-order valence-corrected chi connectivity index (χ2v) is 12.0. The van der Waals surface area contributed by atoms with Gasteiger partial charge in [0.25, 0.3) is 0 Å². The SMILES string of the molecule is CCCCCCCCC=CCCCCCCCCCC(=O)OCCCCCCCCCCCCC(C)C. The fourth-order valence-corrected chi connectivity index (χ4v) is 5.02. The second kappa shape index (κ2) is 31.4. The predicted octanol–water partition coefficient (Wildman–Crippen LogP) is 12.3. The van der Waals surface area contributed by atoms with Gasteiger partial charge in [0, 0.05) is 6.42 Å². The van der Waals surface area contributed by atoms with Crippen molar-refractivity contribution >= 4 is 5.97 Å². The highest BCUT2D eigenvalue weighted by Crippen LogP contribution is 2.14. The molecule has 0 aliphatic rings. The van der Waals surface area contributed by atoms with Crippen LogP contribution in [0.2, 0.25) is 0 Å². The van der Waals surface area contributed by atoms with E-state index in [2.05, 4.69) is 32.9 Å². The number of unbranched alkanes of at least 4 members (excludes halogenated alkanes) is 22. The zero-order valence-corrected chi connectivity index (χ0v) is 25.8. The summed E-state index contributed by atoms with van der Waals surface area (Å²) in [4.78, 5) is 11.9. The average Bonchev–Trinajstić information content (AvgIpc) is 2.88. The zero-order chi connectivity index (χ0) is 27.1. The maximum atomic E-state index is 11.9. The number of allylic oxidation sites excluding steroid dienone is 2. The van der Waals surface area contributed by atoms with E-state index in [1.807, 2.05) is 0 Å². The summed E-state index contributed by atoms with van der Waals surface area (Å²) in [6.07, 6.45) is 39.7. The molecule has 0 heterocycles. The number of carbonyl (C=O) groups is 1. The Kier molecular flexibility index (Phi) is 30.8. The molecule has 0 aliphatic carbocycles. The molecule has 220 valence electrons. The Morgan fingerprint density at radius 3 is 1.43 bits per heavy atom. The van der Waals surface area contributed by atoms with Crippen LogP contribution in [-0.4, -0.2) is 12.6 Å². The Morgan fingerprint density at radius 2 is 0.946 bits per heavy atom. The first-order valence-corrected chi connectivity index (χ1v) is 17.0. The van der Waals surface area contributed by atoms with Crippen molar-refractivity contribution < 1.29 is 9.53 Å². The van der Waals surface area contributed by atoms with Crippen molar-refractivity contribution in [1.82, 2.24) is 0 Å². The Bertz CT molecular complexity index is 468. The minimum atomic E-state index is 0.0187. The third-order valence-corrected chi connectivity index (χ3v) is 7.58. The molecule has 0 aliphatic heterocycles. The van der Waals surface area contributed by atoms with E-state index in [1.165, 1.54) is 154 Å². The monoisotopic (exact) mass is 521 g/mol. The maximum absolute atomic E-state index is 11.9. The van der Waals surface area contributed by atoms with E-state index >= 15 is 0 Å². The smallest absolute Gasteiger partial charge is 0.305 e. The van der Waals surface area contributed by atoms with E-state index in [0.29, 0.717) is 13.0 Å². The lowest BCUT2D eigenvalue weighted by atomic mass is 10.0.